The number of aromatic nitrogens is 2. The molecule has 21 heavy (non-hydrogen) atoms. The molecule has 1 N–H and O–H groups in total. The summed E-state index contributed by atoms with van der Waals surface area (Å²) in [4.78, 5) is 18.9. The summed E-state index contributed by atoms with van der Waals surface area (Å²) in [5.41, 5.74) is 1.68. The van der Waals surface area contributed by atoms with E-state index in [0.717, 1.165) is 25.2 Å². The second-order valence-corrected chi connectivity index (χ2v) is 5.79. The largest absolute Gasteiger partial charge is 0.346 e. The highest BCUT2D eigenvalue weighted by atomic mass is 16.2. The monoisotopic (exact) mass is 281 g/mol. The van der Waals surface area contributed by atoms with Crippen molar-refractivity contribution in [2.24, 2.45) is 5.92 Å². The maximum absolute atomic E-state index is 12.3. The molecule has 3 atom stereocenters. The minimum atomic E-state index is -0.136. The first-order chi connectivity index (χ1) is 10.2. The van der Waals surface area contributed by atoms with Crippen LogP contribution in [0.4, 0.5) is 0 Å². The van der Waals surface area contributed by atoms with Gasteiger partial charge in [0.2, 0.25) is 0 Å². The molecule has 2 aliphatic heterocycles. The van der Waals surface area contributed by atoms with Gasteiger partial charge in [-0.3, -0.25) is 4.79 Å². The molecule has 0 aliphatic carbocycles. The van der Waals surface area contributed by atoms with Gasteiger partial charge in [0.25, 0.3) is 5.91 Å². The van der Waals surface area contributed by atoms with Crippen LogP contribution in [0.5, 0.6) is 0 Å². The maximum atomic E-state index is 12.3. The number of carbonyl (C=O) groups excluding carboxylic acids is 1. The number of piperidine rings is 1. The third-order valence-corrected chi connectivity index (χ3v) is 4.55. The van der Waals surface area contributed by atoms with Crippen LogP contribution in [-0.4, -0.2) is 45.9 Å². The maximum Gasteiger partial charge on any atom is 0.271 e. The average molecular weight is 281 g/mol. The lowest BCUT2D eigenvalue weighted by atomic mass is 10.00. The molecule has 2 saturated heterocycles. The molecular formula is C15H15N5O. The van der Waals surface area contributed by atoms with E-state index in [4.69, 9.17) is 5.26 Å². The van der Waals surface area contributed by atoms with Gasteiger partial charge in [0.1, 0.15) is 11.8 Å². The number of rotatable bonds is 2. The van der Waals surface area contributed by atoms with Crippen molar-refractivity contribution in [3.63, 3.8) is 0 Å². The van der Waals surface area contributed by atoms with Crippen LogP contribution in [0.15, 0.2) is 24.7 Å². The summed E-state index contributed by atoms with van der Waals surface area (Å²) in [6.45, 7) is 3.20. The number of hydrogen-bond acceptors (Lipinski definition) is 4. The van der Waals surface area contributed by atoms with Crippen molar-refractivity contribution in [2.75, 3.05) is 19.6 Å². The molecule has 0 aromatic carbocycles. The van der Waals surface area contributed by atoms with Crippen molar-refractivity contribution in [2.45, 2.75) is 12.5 Å². The number of nitriles is 1. The molecule has 106 valence electrons. The SMILES string of the molecule is N#Cc1ccn2cc(C(=O)NC3CN4CC[C@H]3C4)ncc12. The highest BCUT2D eigenvalue weighted by molar-refractivity contribution is 5.92. The van der Waals surface area contributed by atoms with E-state index >= 15 is 0 Å². The van der Waals surface area contributed by atoms with Gasteiger partial charge in [0, 0.05) is 31.5 Å². The van der Waals surface area contributed by atoms with E-state index in [9.17, 15) is 4.79 Å². The number of nitrogens with zero attached hydrogens (tertiary/aromatic N) is 4. The number of hydrogen-bond donors (Lipinski definition) is 1. The molecule has 0 radical (unpaired) electrons. The van der Waals surface area contributed by atoms with Gasteiger partial charge in [-0.25, -0.2) is 4.98 Å². The molecule has 2 aromatic rings. The minimum Gasteiger partial charge on any atom is -0.346 e. The van der Waals surface area contributed by atoms with Gasteiger partial charge in [0.05, 0.1) is 17.3 Å². The van der Waals surface area contributed by atoms with Crippen LogP contribution in [-0.2, 0) is 0 Å². The zero-order valence-electron chi connectivity index (χ0n) is 11.5. The lowest BCUT2D eigenvalue weighted by molar-refractivity contribution is 0.0919. The summed E-state index contributed by atoms with van der Waals surface area (Å²) in [5.74, 6) is 0.442. The van der Waals surface area contributed by atoms with Crippen LogP contribution in [0.25, 0.3) is 5.52 Å². The molecule has 2 bridgehead atoms. The van der Waals surface area contributed by atoms with Gasteiger partial charge in [-0.2, -0.15) is 5.26 Å². The van der Waals surface area contributed by atoms with Crippen LogP contribution in [0.2, 0.25) is 0 Å². The van der Waals surface area contributed by atoms with E-state index in [1.807, 2.05) is 0 Å². The zero-order chi connectivity index (χ0) is 14.4. The summed E-state index contributed by atoms with van der Waals surface area (Å²) in [7, 11) is 0. The van der Waals surface area contributed by atoms with Crippen LogP contribution in [0.1, 0.15) is 22.5 Å². The fraction of sp³-hybridized carbons (Fsp3) is 0.400. The second-order valence-electron chi connectivity index (χ2n) is 5.79. The van der Waals surface area contributed by atoms with Crippen LogP contribution in [0.3, 0.4) is 0 Å². The van der Waals surface area contributed by atoms with Gasteiger partial charge in [-0.1, -0.05) is 0 Å². The zero-order valence-corrected chi connectivity index (χ0v) is 11.5. The Morgan fingerprint density at radius 3 is 3.10 bits per heavy atom. The highest BCUT2D eigenvalue weighted by Gasteiger charge is 2.38. The van der Waals surface area contributed by atoms with Crippen molar-refractivity contribution in [1.29, 1.82) is 5.26 Å². The highest BCUT2D eigenvalue weighted by Crippen LogP contribution is 2.27. The van der Waals surface area contributed by atoms with Crippen LogP contribution >= 0.6 is 0 Å². The molecule has 4 heterocycles. The van der Waals surface area contributed by atoms with Crippen molar-refractivity contribution in [3.05, 3.63) is 35.9 Å². The van der Waals surface area contributed by atoms with E-state index in [1.165, 1.54) is 6.42 Å². The van der Waals surface area contributed by atoms with E-state index in [0.29, 0.717) is 17.2 Å². The number of nitrogens with one attached hydrogen (secondary N) is 1. The standard InChI is InChI=1S/C15H15N5O/c16-5-10-2-4-20-9-13(17-6-14(10)20)15(21)18-12-8-19-3-1-11(12)7-19/h2,4,6,9,11-12H,1,3,7-8H2,(H,18,21)/t11-,12?/m0/s1. The van der Waals surface area contributed by atoms with Crippen LogP contribution < -0.4 is 5.32 Å². The first-order valence-corrected chi connectivity index (χ1v) is 7.14. The summed E-state index contributed by atoms with van der Waals surface area (Å²) in [6.07, 6.45) is 6.20. The van der Waals surface area contributed by atoms with Gasteiger partial charge < -0.3 is 14.6 Å². The fourth-order valence-electron chi connectivity index (χ4n) is 3.41. The van der Waals surface area contributed by atoms with E-state index < -0.39 is 0 Å². The quantitative estimate of drug-likeness (QED) is 0.876. The predicted molar refractivity (Wildman–Crippen MR) is 75.7 cm³/mol. The molecule has 4 rings (SSSR count). The molecule has 1 amide bonds. The number of carbonyl (C=O) groups is 1. The van der Waals surface area contributed by atoms with Gasteiger partial charge >= 0.3 is 0 Å². The first-order valence-electron chi connectivity index (χ1n) is 7.14. The van der Waals surface area contributed by atoms with Gasteiger partial charge in [-0.05, 0) is 24.9 Å². The smallest absolute Gasteiger partial charge is 0.271 e. The molecule has 2 aromatic heterocycles. The Balaban J connectivity index is 1.55. The Labute approximate surface area is 122 Å². The Hall–Kier alpha value is -2.39. The van der Waals surface area contributed by atoms with Crippen molar-refractivity contribution in [3.8, 4) is 6.07 Å². The topological polar surface area (TPSA) is 73.4 Å². The number of amides is 1. The predicted octanol–water partition coefficient (Wildman–Crippen LogP) is 0.640. The van der Waals surface area contributed by atoms with E-state index in [-0.39, 0.29) is 11.9 Å². The minimum absolute atomic E-state index is 0.136. The molecule has 2 unspecified atom stereocenters. The van der Waals surface area contributed by atoms with E-state index in [2.05, 4.69) is 21.3 Å². The molecule has 2 aliphatic rings. The summed E-state index contributed by atoms with van der Waals surface area (Å²) in [5, 5.41) is 12.1. The van der Waals surface area contributed by atoms with Gasteiger partial charge in [-0.15, -0.1) is 0 Å². The Morgan fingerprint density at radius 2 is 2.38 bits per heavy atom. The Kier molecular flexibility index (Phi) is 2.69. The molecule has 6 nitrogen and oxygen atoms in total. The molecule has 0 spiro atoms. The molecular weight excluding hydrogens is 266 g/mol. The second kappa shape index (κ2) is 4.57. The van der Waals surface area contributed by atoms with Crippen molar-refractivity contribution in [1.82, 2.24) is 19.6 Å². The Bertz CT molecular complexity index is 759. The summed E-state index contributed by atoms with van der Waals surface area (Å²) >= 11 is 0. The first kappa shape index (κ1) is 12.4. The normalized spacial score (nSPS) is 26.9. The van der Waals surface area contributed by atoms with Crippen LogP contribution in [0, 0.1) is 17.2 Å². The summed E-state index contributed by atoms with van der Waals surface area (Å²) in [6, 6.07) is 4.07. The third-order valence-electron chi connectivity index (χ3n) is 4.55. The van der Waals surface area contributed by atoms with Gasteiger partial charge in [0.15, 0.2) is 0 Å². The van der Waals surface area contributed by atoms with Crippen molar-refractivity contribution >= 4 is 11.4 Å². The Morgan fingerprint density at radius 1 is 1.48 bits per heavy atom. The lowest BCUT2D eigenvalue weighted by Crippen LogP contribution is -2.43. The summed E-state index contributed by atoms with van der Waals surface area (Å²) < 4.78 is 1.77. The van der Waals surface area contributed by atoms with Crippen molar-refractivity contribution < 1.29 is 4.79 Å². The fourth-order valence-corrected chi connectivity index (χ4v) is 3.41. The van der Waals surface area contributed by atoms with E-state index in [1.54, 1.807) is 29.1 Å². The third kappa shape index (κ3) is 1.98. The number of fused-ring (bicyclic) bond motifs is 3. The average Bonchev–Trinajstić information content (AvgIpc) is 3.21. The molecule has 2 fully saturated rings. The molecule has 0 saturated carbocycles. The lowest BCUT2D eigenvalue weighted by Gasteiger charge is -2.22. The molecule has 6 heteroatoms.